The Labute approximate surface area is 180 Å². The van der Waals surface area contributed by atoms with Gasteiger partial charge in [-0.2, -0.15) is 4.98 Å². The Bertz CT molecular complexity index is 893. The van der Waals surface area contributed by atoms with Gasteiger partial charge in [-0.25, -0.2) is 0 Å². The summed E-state index contributed by atoms with van der Waals surface area (Å²) in [6.07, 6.45) is 6.07. The van der Waals surface area contributed by atoms with Crippen molar-refractivity contribution in [3.8, 4) is 11.4 Å². The van der Waals surface area contributed by atoms with Crippen LogP contribution in [0.5, 0.6) is 0 Å². The van der Waals surface area contributed by atoms with Gasteiger partial charge >= 0.3 is 0 Å². The van der Waals surface area contributed by atoms with Crippen LogP contribution in [0.15, 0.2) is 33.8 Å². The van der Waals surface area contributed by atoms with E-state index >= 15 is 0 Å². The molecule has 1 amide bonds. The van der Waals surface area contributed by atoms with Crippen molar-refractivity contribution in [3.05, 3.63) is 35.2 Å². The third kappa shape index (κ3) is 5.50. The lowest BCUT2D eigenvalue weighted by Crippen LogP contribution is -2.47. The number of rotatable bonds is 6. The SMILES string of the molecule is CN=C(NCc1nc(-c2ccc(Cl)cc2)no1)NC1CCCC(C(=O)NC2CC2)C1. The van der Waals surface area contributed by atoms with Crippen LogP contribution in [0.25, 0.3) is 11.4 Å². The number of nitrogens with one attached hydrogen (secondary N) is 3. The predicted molar refractivity (Wildman–Crippen MR) is 115 cm³/mol. The van der Waals surface area contributed by atoms with Crippen molar-refractivity contribution in [1.82, 2.24) is 26.1 Å². The van der Waals surface area contributed by atoms with E-state index in [4.69, 9.17) is 16.1 Å². The Balaban J connectivity index is 1.27. The molecule has 1 aromatic heterocycles. The van der Waals surface area contributed by atoms with Crippen molar-refractivity contribution in [2.75, 3.05) is 7.05 Å². The molecule has 1 heterocycles. The predicted octanol–water partition coefficient (Wildman–Crippen LogP) is 2.89. The smallest absolute Gasteiger partial charge is 0.246 e. The Morgan fingerprint density at radius 1 is 1.17 bits per heavy atom. The molecule has 0 radical (unpaired) electrons. The monoisotopic (exact) mass is 430 g/mol. The van der Waals surface area contributed by atoms with E-state index in [0.717, 1.165) is 44.1 Å². The molecule has 2 unspecified atom stereocenters. The second-order valence-corrected chi connectivity index (χ2v) is 8.37. The fourth-order valence-corrected chi connectivity index (χ4v) is 3.82. The molecule has 1 aromatic carbocycles. The summed E-state index contributed by atoms with van der Waals surface area (Å²) in [4.78, 5) is 21.1. The van der Waals surface area contributed by atoms with Crippen LogP contribution in [0, 0.1) is 5.92 Å². The van der Waals surface area contributed by atoms with Crippen molar-refractivity contribution >= 4 is 23.5 Å². The molecule has 0 saturated heterocycles. The highest BCUT2D eigenvalue weighted by Gasteiger charge is 2.31. The minimum absolute atomic E-state index is 0.0767. The maximum absolute atomic E-state index is 12.4. The zero-order chi connectivity index (χ0) is 20.9. The van der Waals surface area contributed by atoms with Gasteiger partial charge in [-0.15, -0.1) is 0 Å². The second kappa shape index (κ2) is 9.47. The van der Waals surface area contributed by atoms with Gasteiger partial charge in [-0.3, -0.25) is 9.79 Å². The molecular formula is C21H27ClN6O2. The number of amides is 1. The average Bonchev–Trinajstić information content (AvgIpc) is 3.45. The van der Waals surface area contributed by atoms with Crippen molar-refractivity contribution in [3.63, 3.8) is 0 Å². The highest BCUT2D eigenvalue weighted by Crippen LogP contribution is 2.26. The topological polar surface area (TPSA) is 104 Å². The summed E-state index contributed by atoms with van der Waals surface area (Å²) in [7, 11) is 1.72. The van der Waals surface area contributed by atoms with Gasteiger partial charge in [0.25, 0.3) is 0 Å². The molecule has 3 N–H and O–H groups in total. The molecule has 8 nitrogen and oxygen atoms in total. The van der Waals surface area contributed by atoms with Crippen LogP contribution in [-0.4, -0.2) is 41.1 Å². The van der Waals surface area contributed by atoms with Gasteiger partial charge in [-0.1, -0.05) is 23.2 Å². The van der Waals surface area contributed by atoms with E-state index in [9.17, 15) is 4.79 Å². The van der Waals surface area contributed by atoms with Gasteiger partial charge in [0.1, 0.15) is 0 Å². The van der Waals surface area contributed by atoms with Crippen molar-refractivity contribution in [2.45, 2.75) is 57.2 Å². The quantitative estimate of drug-likeness (QED) is 0.480. The number of aliphatic imine (C=N–C) groups is 1. The summed E-state index contributed by atoms with van der Waals surface area (Å²) in [6.45, 7) is 0.360. The molecule has 0 aliphatic heterocycles. The molecule has 2 aliphatic carbocycles. The number of carbonyl (C=O) groups is 1. The normalized spacial score (nSPS) is 21.9. The first-order valence-electron chi connectivity index (χ1n) is 10.5. The van der Waals surface area contributed by atoms with E-state index in [-0.39, 0.29) is 17.9 Å². The van der Waals surface area contributed by atoms with Crippen molar-refractivity contribution in [2.24, 2.45) is 10.9 Å². The van der Waals surface area contributed by atoms with E-state index in [1.54, 1.807) is 19.2 Å². The fraction of sp³-hybridized carbons (Fsp3) is 0.524. The zero-order valence-corrected chi connectivity index (χ0v) is 17.8. The molecular weight excluding hydrogens is 404 g/mol. The van der Waals surface area contributed by atoms with Crippen LogP contribution in [0.3, 0.4) is 0 Å². The lowest BCUT2D eigenvalue weighted by Gasteiger charge is -2.30. The van der Waals surface area contributed by atoms with Crippen LogP contribution >= 0.6 is 11.6 Å². The number of benzene rings is 1. The molecule has 4 rings (SSSR count). The van der Waals surface area contributed by atoms with Gasteiger partial charge in [-0.05, 0) is 56.4 Å². The van der Waals surface area contributed by atoms with Crippen LogP contribution in [0.1, 0.15) is 44.4 Å². The maximum Gasteiger partial charge on any atom is 0.246 e. The van der Waals surface area contributed by atoms with Crippen LogP contribution in [0.2, 0.25) is 5.02 Å². The molecule has 0 bridgehead atoms. The number of aromatic nitrogens is 2. The van der Waals surface area contributed by atoms with E-state index in [1.807, 2.05) is 12.1 Å². The van der Waals surface area contributed by atoms with Crippen LogP contribution < -0.4 is 16.0 Å². The van der Waals surface area contributed by atoms with E-state index in [2.05, 4.69) is 31.1 Å². The first-order chi connectivity index (χ1) is 14.6. The summed E-state index contributed by atoms with van der Waals surface area (Å²) in [5, 5.41) is 14.5. The van der Waals surface area contributed by atoms with Gasteiger partial charge in [0.05, 0.1) is 6.54 Å². The molecule has 9 heteroatoms. The van der Waals surface area contributed by atoms with Crippen LogP contribution in [-0.2, 0) is 11.3 Å². The first-order valence-corrected chi connectivity index (χ1v) is 10.8. The minimum atomic E-state index is 0.0767. The van der Waals surface area contributed by atoms with Crippen LogP contribution in [0.4, 0.5) is 0 Å². The third-order valence-electron chi connectivity index (χ3n) is 5.51. The Morgan fingerprint density at radius 3 is 2.70 bits per heavy atom. The summed E-state index contributed by atoms with van der Waals surface area (Å²) in [6, 6.07) is 7.91. The average molecular weight is 431 g/mol. The van der Waals surface area contributed by atoms with E-state index < -0.39 is 0 Å². The Morgan fingerprint density at radius 2 is 1.97 bits per heavy atom. The molecule has 2 aliphatic rings. The third-order valence-corrected chi connectivity index (χ3v) is 5.76. The molecule has 2 atom stereocenters. The molecule has 2 aromatic rings. The van der Waals surface area contributed by atoms with Crippen molar-refractivity contribution in [1.29, 1.82) is 0 Å². The lowest BCUT2D eigenvalue weighted by molar-refractivity contribution is -0.126. The molecule has 2 fully saturated rings. The first kappa shape index (κ1) is 20.7. The largest absolute Gasteiger partial charge is 0.354 e. The Hall–Kier alpha value is -2.61. The molecule has 160 valence electrons. The summed E-state index contributed by atoms with van der Waals surface area (Å²) in [5.74, 6) is 1.92. The minimum Gasteiger partial charge on any atom is -0.354 e. The van der Waals surface area contributed by atoms with Gasteiger partial charge in [0.2, 0.25) is 17.6 Å². The molecule has 30 heavy (non-hydrogen) atoms. The van der Waals surface area contributed by atoms with Gasteiger partial charge in [0.15, 0.2) is 5.96 Å². The lowest BCUT2D eigenvalue weighted by atomic mass is 9.85. The summed E-state index contributed by atoms with van der Waals surface area (Å²) in [5.41, 5.74) is 0.842. The highest BCUT2D eigenvalue weighted by atomic mass is 35.5. The number of carbonyl (C=O) groups excluding carboxylic acids is 1. The maximum atomic E-state index is 12.4. The number of nitrogens with zero attached hydrogens (tertiary/aromatic N) is 3. The number of hydrogen-bond acceptors (Lipinski definition) is 5. The zero-order valence-electron chi connectivity index (χ0n) is 17.0. The van der Waals surface area contributed by atoms with Crippen molar-refractivity contribution < 1.29 is 9.32 Å². The van der Waals surface area contributed by atoms with E-state index in [1.165, 1.54) is 0 Å². The Kier molecular flexibility index (Phi) is 6.52. The fourth-order valence-electron chi connectivity index (χ4n) is 3.70. The van der Waals surface area contributed by atoms with Gasteiger partial charge < -0.3 is 20.5 Å². The van der Waals surface area contributed by atoms with E-state index in [0.29, 0.717) is 35.3 Å². The number of hydrogen-bond donors (Lipinski definition) is 3. The number of guanidine groups is 1. The highest BCUT2D eigenvalue weighted by molar-refractivity contribution is 6.30. The second-order valence-electron chi connectivity index (χ2n) is 7.93. The summed E-state index contributed by atoms with van der Waals surface area (Å²) >= 11 is 5.92. The number of halogens is 1. The standard InChI is InChI=1S/C21H27ClN6O2/c1-23-21(26-17-4-2-3-14(11-17)20(29)25-16-9-10-16)24-12-18-27-19(28-30-18)13-5-7-15(22)8-6-13/h5-8,14,16-17H,2-4,9-12H2,1H3,(H,25,29)(H2,23,24,26). The van der Waals surface area contributed by atoms with Gasteiger partial charge in [0, 0.05) is 35.6 Å². The molecule has 2 saturated carbocycles. The summed E-state index contributed by atoms with van der Waals surface area (Å²) < 4.78 is 5.33. The molecule has 0 spiro atoms.